The second-order valence-electron chi connectivity index (χ2n) is 4.77. The SMILES string of the molecule is COc1ccc(C(=O)NCc2c(C)oc(C)c2C(=O)[O-])cc1. The lowest BCUT2D eigenvalue weighted by molar-refractivity contribution is -0.255. The van der Waals surface area contributed by atoms with E-state index in [1.54, 1.807) is 45.2 Å². The number of amides is 1. The molecule has 0 aliphatic rings. The van der Waals surface area contributed by atoms with Crippen LogP contribution in [0.15, 0.2) is 28.7 Å². The monoisotopic (exact) mass is 302 g/mol. The first kappa shape index (κ1) is 15.6. The summed E-state index contributed by atoms with van der Waals surface area (Å²) in [6.07, 6.45) is 0. The molecule has 2 aromatic rings. The molecule has 1 N–H and O–H groups in total. The second-order valence-corrected chi connectivity index (χ2v) is 4.77. The zero-order valence-electron chi connectivity index (χ0n) is 12.6. The Kier molecular flexibility index (Phi) is 4.50. The molecule has 2 rings (SSSR count). The third-order valence-corrected chi connectivity index (χ3v) is 3.37. The number of carbonyl (C=O) groups excluding carboxylic acids is 2. The van der Waals surface area contributed by atoms with Gasteiger partial charge in [-0.3, -0.25) is 4.79 Å². The minimum atomic E-state index is -1.32. The molecular weight excluding hydrogens is 286 g/mol. The zero-order chi connectivity index (χ0) is 16.3. The number of aryl methyl sites for hydroxylation is 2. The van der Waals surface area contributed by atoms with E-state index in [2.05, 4.69) is 5.32 Å². The number of nitrogens with one attached hydrogen (secondary N) is 1. The Morgan fingerprint density at radius 2 is 1.82 bits per heavy atom. The van der Waals surface area contributed by atoms with Crippen molar-refractivity contribution in [2.75, 3.05) is 7.11 Å². The Bertz CT molecular complexity index is 700. The van der Waals surface area contributed by atoms with Crippen molar-refractivity contribution in [2.24, 2.45) is 0 Å². The number of furan rings is 1. The molecule has 6 nitrogen and oxygen atoms in total. The van der Waals surface area contributed by atoms with Gasteiger partial charge in [-0.1, -0.05) is 0 Å². The van der Waals surface area contributed by atoms with Crippen molar-refractivity contribution in [3.8, 4) is 5.75 Å². The number of hydrogen-bond donors (Lipinski definition) is 1. The zero-order valence-corrected chi connectivity index (χ0v) is 12.6. The van der Waals surface area contributed by atoms with Gasteiger partial charge >= 0.3 is 0 Å². The minimum absolute atomic E-state index is 0.00692. The van der Waals surface area contributed by atoms with Gasteiger partial charge in [0.1, 0.15) is 17.3 Å². The molecule has 0 spiro atoms. The highest BCUT2D eigenvalue weighted by atomic mass is 16.5. The Morgan fingerprint density at radius 1 is 1.18 bits per heavy atom. The minimum Gasteiger partial charge on any atom is -0.545 e. The lowest BCUT2D eigenvalue weighted by atomic mass is 10.1. The smallest absolute Gasteiger partial charge is 0.251 e. The van der Waals surface area contributed by atoms with Gasteiger partial charge in [0.25, 0.3) is 5.91 Å². The van der Waals surface area contributed by atoms with Crippen LogP contribution in [0.25, 0.3) is 0 Å². The molecule has 22 heavy (non-hydrogen) atoms. The van der Waals surface area contributed by atoms with E-state index in [9.17, 15) is 14.7 Å². The molecule has 0 saturated carbocycles. The molecule has 6 heteroatoms. The van der Waals surface area contributed by atoms with Crippen LogP contribution in [-0.4, -0.2) is 19.0 Å². The van der Waals surface area contributed by atoms with Crippen LogP contribution in [0.1, 0.15) is 37.8 Å². The predicted molar refractivity (Wildman–Crippen MR) is 76.7 cm³/mol. The van der Waals surface area contributed by atoms with Crippen LogP contribution < -0.4 is 15.2 Å². The fraction of sp³-hybridized carbons (Fsp3) is 0.250. The summed E-state index contributed by atoms with van der Waals surface area (Å²) in [5.74, 6) is -0.261. The number of carboxylic acids is 1. The maximum atomic E-state index is 12.1. The van der Waals surface area contributed by atoms with Crippen molar-refractivity contribution in [3.63, 3.8) is 0 Å². The molecular formula is C16H16NO5-. The summed E-state index contributed by atoms with van der Waals surface area (Å²) < 4.78 is 10.3. The lowest BCUT2D eigenvalue weighted by Crippen LogP contribution is -2.27. The van der Waals surface area contributed by atoms with Crippen LogP contribution >= 0.6 is 0 Å². The van der Waals surface area contributed by atoms with Gasteiger partial charge < -0.3 is 24.4 Å². The van der Waals surface area contributed by atoms with Gasteiger partial charge in [-0.2, -0.15) is 0 Å². The van der Waals surface area contributed by atoms with Crippen LogP contribution in [0.4, 0.5) is 0 Å². The Labute approximate surface area is 127 Å². The van der Waals surface area contributed by atoms with E-state index < -0.39 is 5.97 Å². The molecule has 116 valence electrons. The van der Waals surface area contributed by atoms with Crippen molar-refractivity contribution in [1.82, 2.24) is 5.32 Å². The molecule has 0 bridgehead atoms. The molecule has 0 radical (unpaired) electrons. The maximum Gasteiger partial charge on any atom is 0.251 e. The average Bonchev–Trinajstić information content (AvgIpc) is 2.78. The fourth-order valence-corrected chi connectivity index (χ4v) is 2.22. The molecule has 1 amide bonds. The van der Waals surface area contributed by atoms with E-state index in [1.807, 2.05) is 0 Å². The predicted octanol–water partition coefficient (Wildman–Crippen LogP) is 1.20. The largest absolute Gasteiger partial charge is 0.545 e. The Hall–Kier alpha value is -2.76. The van der Waals surface area contributed by atoms with Crippen molar-refractivity contribution in [3.05, 3.63) is 52.5 Å². The van der Waals surface area contributed by atoms with Crippen molar-refractivity contribution in [2.45, 2.75) is 20.4 Å². The van der Waals surface area contributed by atoms with E-state index in [1.165, 1.54) is 0 Å². The Morgan fingerprint density at radius 3 is 2.36 bits per heavy atom. The molecule has 0 fully saturated rings. The van der Waals surface area contributed by atoms with Crippen molar-refractivity contribution in [1.29, 1.82) is 0 Å². The number of rotatable bonds is 5. The van der Waals surface area contributed by atoms with Crippen LogP contribution in [0, 0.1) is 13.8 Å². The summed E-state index contributed by atoms with van der Waals surface area (Å²) in [7, 11) is 1.54. The first-order chi connectivity index (χ1) is 10.4. The van der Waals surface area contributed by atoms with Crippen LogP contribution in [0.5, 0.6) is 5.75 Å². The third-order valence-electron chi connectivity index (χ3n) is 3.37. The highest BCUT2D eigenvalue weighted by molar-refractivity contribution is 5.94. The number of carboxylic acid groups (broad SMARTS) is 1. The number of carbonyl (C=O) groups is 2. The highest BCUT2D eigenvalue weighted by Gasteiger charge is 2.16. The van der Waals surface area contributed by atoms with Gasteiger partial charge in [0.15, 0.2) is 0 Å². The molecule has 1 aromatic heterocycles. The molecule has 0 aliphatic heterocycles. The van der Waals surface area contributed by atoms with Gasteiger partial charge in [0.05, 0.1) is 13.1 Å². The average molecular weight is 302 g/mol. The van der Waals surface area contributed by atoms with Gasteiger partial charge in [-0.25, -0.2) is 0 Å². The van der Waals surface area contributed by atoms with Gasteiger partial charge in [0, 0.05) is 23.2 Å². The molecule has 0 aliphatic carbocycles. The van der Waals surface area contributed by atoms with E-state index in [-0.39, 0.29) is 23.8 Å². The van der Waals surface area contributed by atoms with Gasteiger partial charge in [0.2, 0.25) is 0 Å². The van der Waals surface area contributed by atoms with Gasteiger partial charge in [-0.05, 0) is 38.1 Å². The standard InChI is InChI=1S/C16H17NO5/c1-9-13(14(16(19)20)10(2)22-9)8-17-15(18)11-4-6-12(21-3)7-5-11/h4-7H,8H2,1-3H3,(H,17,18)(H,19,20)/p-1. The first-order valence-electron chi connectivity index (χ1n) is 6.66. The molecule has 0 atom stereocenters. The van der Waals surface area contributed by atoms with E-state index in [4.69, 9.17) is 9.15 Å². The molecule has 0 unspecified atom stereocenters. The van der Waals surface area contributed by atoms with Crippen LogP contribution in [-0.2, 0) is 6.54 Å². The summed E-state index contributed by atoms with van der Waals surface area (Å²) in [5, 5.41) is 13.8. The number of benzene rings is 1. The summed E-state index contributed by atoms with van der Waals surface area (Å²) in [6.45, 7) is 3.25. The van der Waals surface area contributed by atoms with Gasteiger partial charge in [-0.15, -0.1) is 0 Å². The second kappa shape index (κ2) is 6.34. The van der Waals surface area contributed by atoms with Crippen molar-refractivity contribution >= 4 is 11.9 Å². The number of aromatic carboxylic acids is 1. The lowest BCUT2D eigenvalue weighted by Gasteiger charge is -2.08. The maximum absolute atomic E-state index is 12.1. The molecule has 0 saturated heterocycles. The topological polar surface area (TPSA) is 91.6 Å². The summed E-state index contributed by atoms with van der Waals surface area (Å²) >= 11 is 0. The Balaban J connectivity index is 2.12. The third kappa shape index (κ3) is 3.11. The van der Waals surface area contributed by atoms with E-state index >= 15 is 0 Å². The summed E-state index contributed by atoms with van der Waals surface area (Å²) in [6, 6.07) is 6.60. The number of hydrogen-bond acceptors (Lipinski definition) is 5. The number of ether oxygens (including phenoxy) is 1. The summed E-state index contributed by atoms with van der Waals surface area (Å²) in [4.78, 5) is 23.2. The normalized spacial score (nSPS) is 10.3. The van der Waals surface area contributed by atoms with E-state index in [0.29, 0.717) is 22.6 Å². The quantitative estimate of drug-likeness (QED) is 0.896. The van der Waals surface area contributed by atoms with E-state index in [0.717, 1.165) is 0 Å². The molecule has 1 heterocycles. The fourth-order valence-electron chi connectivity index (χ4n) is 2.22. The number of methoxy groups -OCH3 is 1. The molecule has 1 aromatic carbocycles. The van der Waals surface area contributed by atoms with Crippen LogP contribution in [0.2, 0.25) is 0 Å². The van der Waals surface area contributed by atoms with Crippen LogP contribution in [0.3, 0.4) is 0 Å². The van der Waals surface area contributed by atoms with Crippen molar-refractivity contribution < 1.29 is 23.8 Å². The highest BCUT2D eigenvalue weighted by Crippen LogP contribution is 2.21. The summed E-state index contributed by atoms with van der Waals surface area (Å²) in [5.41, 5.74) is 0.862. The first-order valence-corrected chi connectivity index (χ1v) is 6.66.